The minimum atomic E-state index is -0.116. The fourth-order valence-corrected chi connectivity index (χ4v) is 3.08. The number of piperazine rings is 1. The molecule has 3 N–H and O–H groups in total. The third-order valence-electron chi connectivity index (χ3n) is 4.62. The molecule has 0 atom stereocenters. The van der Waals surface area contributed by atoms with E-state index in [2.05, 4.69) is 25.5 Å². The SMILES string of the molecule is CCNC(=NCc1ccc(C(=O)N2CCNC(=O)C2)cc1)NCCn1cccc1.I. The number of halogens is 1. The van der Waals surface area contributed by atoms with Crippen LogP contribution in [0.5, 0.6) is 0 Å². The van der Waals surface area contributed by atoms with Gasteiger partial charge >= 0.3 is 0 Å². The first-order chi connectivity index (χ1) is 14.2. The second kappa shape index (κ2) is 12.2. The fourth-order valence-electron chi connectivity index (χ4n) is 3.08. The summed E-state index contributed by atoms with van der Waals surface area (Å²) >= 11 is 0. The summed E-state index contributed by atoms with van der Waals surface area (Å²) in [5, 5.41) is 9.29. The number of hydrogen-bond donors (Lipinski definition) is 3. The summed E-state index contributed by atoms with van der Waals surface area (Å²) in [6.45, 7) is 6.13. The van der Waals surface area contributed by atoms with Gasteiger partial charge in [-0.05, 0) is 36.8 Å². The summed E-state index contributed by atoms with van der Waals surface area (Å²) in [6.07, 6.45) is 4.07. The number of nitrogens with one attached hydrogen (secondary N) is 3. The number of carbonyl (C=O) groups excluding carboxylic acids is 2. The van der Waals surface area contributed by atoms with Crippen molar-refractivity contribution in [3.8, 4) is 0 Å². The maximum absolute atomic E-state index is 12.5. The van der Waals surface area contributed by atoms with Crippen molar-refractivity contribution >= 4 is 41.8 Å². The number of rotatable bonds is 7. The molecule has 1 fully saturated rings. The molecule has 2 amide bonds. The summed E-state index contributed by atoms with van der Waals surface area (Å²) in [4.78, 5) is 30.2. The van der Waals surface area contributed by atoms with Gasteiger partial charge in [0.15, 0.2) is 5.96 Å². The maximum Gasteiger partial charge on any atom is 0.254 e. The summed E-state index contributed by atoms with van der Waals surface area (Å²) in [5.41, 5.74) is 1.60. The van der Waals surface area contributed by atoms with E-state index in [-0.39, 0.29) is 42.3 Å². The van der Waals surface area contributed by atoms with Gasteiger partial charge < -0.3 is 25.4 Å². The Bertz CT molecular complexity index is 836. The van der Waals surface area contributed by atoms with Crippen molar-refractivity contribution in [3.63, 3.8) is 0 Å². The highest BCUT2D eigenvalue weighted by atomic mass is 127. The predicted octanol–water partition coefficient (Wildman–Crippen LogP) is 1.43. The molecular weight excluding hydrogens is 495 g/mol. The van der Waals surface area contributed by atoms with Crippen LogP contribution < -0.4 is 16.0 Å². The van der Waals surface area contributed by atoms with Crippen molar-refractivity contribution in [2.24, 2.45) is 4.99 Å². The summed E-state index contributed by atoms with van der Waals surface area (Å²) in [7, 11) is 0. The number of aliphatic imine (C=N–C) groups is 1. The molecule has 9 heteroatoms. The Morgan fingerprint density at radius 1 is 1.17 bits per heavy atom. The normalized spacial score (nSPS) is 14.0. The van der Waals surface area contributed by atoms with E-state index < -0.39 is 0 Å². The Hall–Kier alpha value is -2.56. The molecule has 3 rings (SSSR count). The zero-order chi connectivity index (χ0) is 20.5. The molecular formula is C21H29IN6O2. The van der Waals surface area contributed by atoms with Gasteiger partial charge in [-0.15, -0.1) is 24.0 Å². The van der Waals surface area contributed by atoms with Crippen LogP contribution >= 0.6 is 24.0 Å². The van der Waals surface area contributed by atoms with Crippen LogP contribution in [0.15, 0.2) is 53.8 Å². The van der Waals surface area contributed by atoms with Crippen LogP contribution in [0.3, 0.4) is 0 Å². The van der Waals surface area contributed by atoms with E-state index in [1.807, 2.05) is 43.6 Å². The van der Waals surface area contributed by atoms with Crippen LogP contribution in [0.1, 0.15) is 22.8 Å². The van der Waals surface area contributed by atoms with Crippen molar-refractivity contribution in [1.29, 1.82) is 0 Å². The summed E-state index contributed by atoms with van der Waals surface area (Å²) < 4.78 is 2.11. The highest BCUT2D eigenvalue weighted by molar-refractivity contribution is 14.0. The van der Waals surface area contributed by atoms with Gasteiger partial charge in [0.1, 0.15) is 0 Å². The fraction of sp³-hybridized carbons (Fsp3) is 0.381. The largest absolute Gasteiger partial charge is 0.357 e. The molecule has 1 saturated heterocycles. The first kappa shape index (κ1) is 23.7. The molecule has 0 aliphatic carbocycles. The van der Waals surface area contributed by atoms with E-state index in [1.54, 1.807) is 17.0 Å². The summed E-state index contributed by atoms with van der Waals surface area (Å²) in [6, 6.07) is 11.4. The van der Waals surface area contributed by atoms with Crippen LogP contribution in [0.4, 0.5) is 0 Å². The van der Waals surface area contributed by atoms with Gasteiger partial charge in [0.05, 0.1) is 13.1 Å². The lowest BCUT2D eigenvalue weighted by Gasteiger charge is -2.26. The smallest absolute Gasteiger partial charge is 0.254 e. The van der Waals surface area contributed by atoms with Crippen molar-refractivity contribution in [2.75, 3.05) is 32.7 Å². The lowest BCUT2D eigenvalue weighted by molar-refractivity contribution is -0.123. The molecule has 2 heterocycles. The second-order valence-electron chi connectivity index (χ2n) is 6.82. The number of carbonyl (C=O) groups is 2. The van der Waals surface area contributed by atoms with Gasteiger partial charge in [0.25, 0.3) is 5.91 Å². The average molecular weight is 524 g/mol. The van der Waals surface area contributed by atoms with Gasteiger partial charge in [-0.2, -0.15) is 0 Å². The third kappa shape index (κ3) is 7.05. The van der Waals surface area contributed by atoms with Gasteiger partial charge in [0, 0.05) is 50.7 Å². The van der Waals surface area contributed by atoms with E-state index >= 15 is 0 Å². The molecule has 0 bridgehead atoms. The van der Waals surface area contributed by atoms with Crippen LogP contribution in [0.25, 0.3) is 0 Å². The molecule has 0 spiro atoms. The number of amides is 2. The van der Waals surface area contributed by atoms with Gasteiger partial charge in [-0.1, -0.05) is 12.1 Å². The Kier molecular flexibility index (Phi) is 9.65. The monoisotopic (exact) mass is 524 g/mol. The van der Waals surface area contributed by atoms with Crippen LogP contribution in [-0.4, -0.2) is 60.0 Å². The molecule has 1 aliphatic rings. The predicted molar refractivity (Wildman–Crippen MR) is 128 cm³/mol. The molecule has 8 nitrogen and oxygen atoms in total. The minimum absolute atomic E-state index is 0. The van der Waals surface area contributed by atoms with Gasteiger partial charge in [-0.25, -0.2) is 4.99 Å². The molecule has 0 saturated carbocycles. The topological polar surface area (TPSA) is 90.8 Å². The van der Waals surface area contributed by atoms with E-state index in [9.17, 15) is 9.59 Å². The Morgan fingerprint density at radius 3 is 2.57 bits per heavy atom. The molecule has 30 heavy (non-hydrogen) atoms. The van der Waals surface area contributed by atoms with E-state index in [1.165, 1.54) is 0 Å². The number of hydrogen-bond acceptors (Lipinski definition) is 3. The van der Waals surface area contributed by atoms with Crippen molar-refractivity contribution in [1.82, 2.24) is 25.4 Å². The quantitative estimate of drug-likeness (QED) is 0.291. The van der Waals surface area contributed by atoms with Crippen LogP contribution in [0, 0.1) is 0 Å². The van der Waals surface area contributed by atoms with Crippen molar-refractivity contribution < 1.29 is 9.59 Å². The highest BCUT2D eigenvalue weighted by Crippen LogP contribution is 2.10. The standard InChI is InChI=1S/C21H28N6O2.HI/c1-2-22-21(24-9-13-26-11-3-4-12-26)25-15-17-5-7-18(8-6-17)20(29)27-14-10-23-19(28)16-27;/h3-8,11-12H,2,9-10,13-16H2,1H3,(H,23,28)(H2,22,24,25);1H. The lowest BCUT2D eigenvalue weighted by Crippen LogP contribution is -2.49. The van der Waals surface area contributed by atoms with Crippen LogP contribution in [0.2, 0.25) is 0 Å². The number of benzene rings is 1. The molecule has 1 aromatic carbocycles. The molecule has 1 aromatic heterocycles. The highest BCUT2D eigenvalue weighted by Gasteiger charge is 2.21. The van der Waals surface area contributed by atoms with E-state index in [0.29, 0.717) is 25.2 Å². The first-order valence-electron chi connectivity index (χ1n) is 9.93. The third-order valence-corrected chi connectivity index (χ3v) is 4.62. The van der Waals surface area contributed by atoms with E-state index in [0.717, 1.165) is 31.2 Å². The van der Waals surface area contributed by atoms with E-state index in [4.69, 9.17) is 0 Å². The van der Waals surface area contributed by atoms with Gasteiger partial charge in [-0.3, -0.25) is 9.59 Å². The second-order valence-corrected chi connectivity index (χ2v) is 6.82. The first-order valence-corrected chi connectivity index (χ1v) is 9.93. The zero-order valence-electron chi connectivity index (χ0n) is 17.1. The molecule has 2 aromatic rings. The van der Waals surface area contributed by atoms with Crippen molar-refractivity contribution in [3.05, 3.63) is 59.9 Å². The molecule has 1 aliphatic heterocycles. The van der Waals surface area contributed by atoms with Gasteiger partial charge in [0.2, 0.25) is 5.91 Å². The Balaban J connectivity index is 0.00000320. The Morgan fingerprint density at radius 2 is 1.90 bits per heavy atom. The minimum Gasteiger partial charge on any atom is -0.357 e. The number of guanidine groups is 1. The number of nitrogens with zero attached hydrogens (tertiary/aromatic N) is 3. The molecule has 0 unspecified atom stereocenters. The number of aromatic nitrogens is 1. The zero-order valence-corrected chi connectivity index (χ0v) is 19.5. The Labute approximate surface area is 194 Å². The molecule has 0 radical (unpaired) electrons. The average Bonchev–Trinajstić information content (AvgIpc) is 3.25. The lowest BCUT2D eigenvalue weighted by atomic mass is 10.1. The van der Waals surface area contributed by atoms with Crippen LogP contribution in [-0.2, 0) is 17.9 Å². The maximum atomic E-state index is 12.5. The van der Waals surface area contributed by atoms with Crippen molar-refractivity contribution in [2.45, 2.75) is 20.0 Å². The summed E-state index contributed by atoms with van der Waals surface area (Å²) in [5.74, 6) is 0.532. The molecule has 162 valence electrons.